The first-order chi connectivity index (χ1) is 22.3. The first-order valence-corrected chi connectivity index (χ1v) is 17.6. The summed E-state index contributed by atoms with van der Waals surface area (Å²) in [5.41, 5.74) is 6.55. The van der Waals surface area contributed by atoms with E-state index in [0.717, 1.165) is 12.8 Å². The zero-order valence-electron chi connectivity index (χ0n) is 30.1. The number of carbonyl (C=O) groups excluding carboxylic acids is 3. The second-order valence-electron chi connectivity index (χ2n) is 16.5. The zero-order valence-corrected chi connectivity index (χ0v) is 30.1. The smallest absolute Gasteiger partial charge is 0.444 e. The summed E-state index contributed by atoms with van der Waals surface area (Å²) in [5.74, 6) is -0.674. The highest BCUT2D eigenvalue weighted by molar-refractivity contribution is 6.47. The Morgan fingerprint density at radius 3 is 2.42 bits per heavy atom. The van der Waals surface area contributed by atoms with Gasteiger partial charge in [-0.2, -0.15) is 0 Å². The van der Waals surface area contributed by atoms with E-state index in [0.29, 0.717) is 57.0 Å². The van der Waals surface area contributed by atoms with E-state index >= 15 is 0 Å². The van der Waals surface area contributed by atoms with Crippen LogP contribution in [0.2, 0.25) is 0 Å². The van der Waals surface area contributed by atoms with Crippen molar-refractivity contribution in [2.24, 2.45) is 45.7 Å². The molecule has 2 saturated heterocycles. The number of hydrogen-bond donors (Lipinski definition) is 3. The average Bonchev–Trinajstić information content (AvgIpc) is 3.34. The predicted molar refractivity (Wildman–Crippen MR) is 181 cm³/mol. The van der Waals surface area contributed by atoms with Crippen LogP contribution in [-0.4, -0.2) is 83.7 Å². The molecule has 5 aliphatic rings. The summed E-state index contributed by atoms with van der Waals surface area (Å²) in [7, 11) is -0.590. The number of guanidine groups is 1. The van der Waals surface area contributed by atoms with Gasteiger partial charge in [0.25, 0.3) is 5.96 Å². The summed E-state index contributed by atoms with van der Waals surface area (Å²) >= 11 is 0. The molecule has 0 spiro atoms. The van der Waals surface area contributed by atoms with Crippen molar-refractivity contribution in [1.29, 1.82) is 0 Å². The molecule has 0 radical (unpaired) electrons. The molecule has 2 bridgehead atoms. The van der Waals surface area contributed by atoms with Crippen molar-refractivity contribution in [2.45, 2.75) is 130 Å². The van der Waals surface area contributed by atoms with Gasteiger partial charge in [-0.05, 0) is 95.8 Å². The van der Waals surface area contributed by atoms with E-state index in [9.17, 15) is 24.5 Å². The number of carbonyl (C=O) groups is 3. The predicted octanol–water partition coefficient (Wildman–Crippen LogP) is 3.88. The molecule has 15 heteroatoms. The second-order valence-corrected chi connectivity index (χ2v) is 16.5. The highest BCUT2D eigenvalue weighted by Crippen LogP contribution is 2.65. The number of aliphatic imine (C=N–C) groups is 1. The molecule has 2 heterocycles. The van der Waals surface area contributed by atoms with Crippen molar-refractivity contribution in [3.05, 3.63) is 10.1 Å². The van der Waals surface area contributed by atoms with Gasteiger partial charge in [-0.15, -0.1) is 0 Å². The largest absolute Gasteiger partial charge is 0.481 e. The first kappa shape index (κ1) is 37.9. The number of hydrazine groups is 1. The number of ether oxygens (including phenoxy) is 1. The molecule has 4 N–H and O–H groups in total. The van der Waals surface area contributed by atoms with Crippen molar-refractivity contribution in [1.82, 2.24) is 15.6 Å². The minimum atomic E-state index is -0.787. The Labute approximate surface area is 285 Å². The Hall–Kier alpha value is -2.94. The third-order valence-electron chi connectivity index (χ3n) is 11.0. The van der Waals surface area contributed by atoms with Gasteiger partial charge in [-0.3, -0.25) is 9.59 Å². The minimum absolute atomic E-state index is 0.0219. The number of nitrogens with one attached hydrogen (secondary N) is 2. The van der Waals surface area contributed by atoms with Crippen LogP contribution in [0.4, 0.5) is 4.79 Å². The molecule has 6 atom stereocenters. The summed E-state index contributed by atoms with van der Waals surface area (Å²) in [5, 5.41) is 13.1. The van der Waals surface area contributed by atoms with E-state index in [2.05, 4.69) is 44.9 Å². The molecule has 2 aliphatic heterocycles. The lowest BCUT2D eigenvalue weighted by molar-refractivity contribution is -0.525. The molecular weight excluding hydrogens is 619 g/mol. The monoisotopic (exact) mass is 676 g/mol. The molecule has 0 unspecified atom stereocenters. The Morgan fingerprint density at radius 2 is 1.83 bits per heavy atom. The fourth-order valence-electron chi connectivity index (χ4n) is 8.23. The van der Waals surface area contributed by atoms with Crippen molar-refractivity contribution in [3.63, 3.8) is 0 Å². The van der Waals surface area contributed by atoms with Crippen LogP contribution in [0, 0.1) is 45.1 Å². The van der Waals surface area contributed by atoms with Gasteiger partial charge in [0.05, 0.1) is 17.6 Å². The maximum atomic E-state index is 14.0. The summed E-state index contributed by atoms with van der Waals surface area (Å²) in [4.78, 5) is 56.5. The van der Waals surface area contributed by atoms with E-state index in [-0.39, 0.29) is 60.1 Å². The summed E-state index contributed by atoms with van der Waals surface area (Å²) in [6, 6.07) is 0. The topological polar surface area (TPSA) is 188 Å². The molecule has 5 fully saturated rings. The molecule has 14 nitrogen and oxygen atoms in total. The summed E-state index contributed by atoms with van der Waals surface area (Å²) in [6.07, 6.45) is 4.07. The summed E-state index contributed by atoms with van der Waals surface area (Å²) in [6.45, 7) is 17.4. The lowest BCUT2D eigenvalue weighted by atomic mass is 9.43. The van der Waals surface area contributed by atoms with Gasteiger partial charge in [-0.25, -0.2) is 19.9 Å². The van der Waals surface area contributed by atoms with Crippen LogP contribution in [0.25, 0.3) is 0 Å². The number of nitrogens with two attached hydrogens (primary N) is 1. The van der Waals surface area contributed by atoms with E-state index < -0.39 is 35.2 Å². The maximum Gasteiger partial charge on any atom is 0.481 e. The molecule has 270 valence electrons. The van der Waals surface area contributed by atoms with Gasteiger partial charge in [0, 0.05) is 37.9 Å². The standard InChI is InChI=1S/C33H57BN6O8/c1-20(2)16-27(34-47-26-19-23-18-25(32(23,6)7)33(26,8)48-34)37-28(42)22(10-9-13-36-29(35)38-40(44)45)17-24(41)21-11-14-39(15-12-21)30(43)46-31(3,4)5/h20-23,25-27H,9-19H2,1-8H3,(H,37,42)(H3,35,36,38)/t22-,23-,25-,26-,27+,33+/m1/s1. The van der Waals surface area contributed by atoms with Crippen molar-refractivity contribution in [2.75, 3.05) is 19.6 Å². The number of nitrogens with zero attached hydrogens (tertiary/aromatic N) is 3. The van der Waals surface area contributed by atoms with Crippen LogP contribution < -0.4 is 16.5 Å². The number of amides is 2. The lowest BCUT2D eigenvalue weighted by Crippen LogP contribution is -2.65. The number of piperidine rings is 1. The van der Waals surface area contributed by atoms with Gasteiger partial charge in [0.1, 0.15) is 11.4 Å². The SMILES string of the molecule is CC(C)C[C@H](NC(=O)[C@H](CCCN=C(N)N[N+](=O)[O-])CC(=O)C1CCN(C(=O)OC(C)(C)C)CC1)B1O[C@@H]2C[C@H]3C[C@H](C3(C)C)[C@]2(C)O1. The highest BCUT2D eigenvalue weighted by atomic mass is 16.7. The molecular formula is C33H57BN6O8. The normalized spacial score (nSPS) is 28.3. The second kappa shape index (κ2) is 14.9. The third-order valence-corrected chi connectivity index (χ3v) is 11.0. The van der Waals surface area contributed by atoms with Crippen molar-refractivity contribution in [3.8, 4) is 0 Å². The van der Waals surface area contributed by atoms with Crippen LogP contribution in [0.3, 0.4) is 0 Å². The number of nitro groups is 1. The van der Waals surface area contributed by atoms with Crippen LogP contribution in [-0.2, 0) is 23.6 Å². The lowest BCUT2D eigenvalue weighted by Gasteiger charge is -2.64. The van der Waals surface area contributed by atoms with E-state index in [4.69, 9.17) is 19.8 Å². The van der Waals surface area contributed by atoms with Gasteiger partial charge in [-0.1, -0.05) is 33.1 Å². The minimum Gasteiger partial charge on any atom is -0.444 e. The van der Waals surface area contributed by atoms with Gasteiger partial charge >= 0.3 is 13.2 Å². The number of ketones is 1. The third kappa shape index (κ3) is 8.99. The Kier molecular flexibility index (Phi) is 11.8. The first-order valence-electron chi connectivity index (χ1n) is 17.6. The fraction of sp³-hybridized carbons (Fsp3) is 0.879. The van der Waals surface area contributed by atoms with E-state index in [1.165, 1.54) is 0 Å². The molecule has 3 aliphatic carbocycles. The molecule has 5 rings (SSSR count). The fourth-order valence-corrected chi connectivity index (χ4v) is 8.23. The summed E-state index contributed by atoms with van der Waals surface area (Å²) < 4.78 is 18.8. The number of hydrogen-bond acceptors (Lipinski definition) is 9. The Morgan fingerprint density at radius 1 is 1.17 bits per heavy atom. The van der Waals surface area contributed by atoms with Crippen LogP contribution in [0.15, 0.2) is 4.99 Å². The Balaban J connectivity index is 1.42. The number of rotatable bonds is 13. The van der Waals surface area contributed by atoms with Gasteiger partial charge in [0.2, 0.25) is 5.91 Å². The number of likely N-dealkylation sites (tertiary alicyclic amines) is 1. The van der Waals surface area contributed by atoms with Crippen LogP contribution in [0.1, 0.15) is 107 Å². The van der Waals surface area contributed by atoms with Crippen molar-refractivity contribution >= 4 is 30.9 Å². The average molecular weight is 677 g/mol. The van der Waals surface area contributed by atoms with E-state index in [1.54, 1.807) is 4.90 Å². The van der Waals surface area contributed by atoms with E-state index in [1.807, 2.05) is 26.2 Å². The molecule has 3 saturated carbocycles. The molecule has 0 aromatic carbocycles. The molecule has 0 aromatic rings. The van der Waals surface area contributed by atoms with Crippen LogP contribution >= 0.6 is 0 Å². The van der Waals surface area contributed by atoms with Gasteiger partial charge in [0.15, 0.2) is 5.03 Å². The zero-order chi connectivity index (χ0) is 35.6. The highest BCUT2D eigenvalue weighted by Gasteiger charge is 2.68. The Bertz CT molecular complexity index is 1230. The molecule has 48 heavy (non-hydrogen) atoms. The maximum absolute atomic E-state index is 14.0. The molecule has 2 amide bonds. The number of Topliss-reactive ketones (excluding diaryl/α,β-unsaturated/α-hetero) is 1. The van der Waals surface area contributed by atoms with Crippen molar-refractivity contribution < 1.29 is 33.5 Å². The quantitative estimate of drug-likeness (QED) is 0.0645. The van der Waals surface area contributed by atoms with Gasteiger partial charge < -0.3 is 30.0 Å². The van der Waals surface area contributed by atoms with Crippen LogP contribution in [0.5, 0.6) is 0 Å². The molecule has 0 aromatic heterocycles.